The maximum atomic E-state index is 5.37. The third kappa shape index (κ3) is 3.42. The third-order valence-electron chi connectivity index (χ3n) is 3.33. The van der Waals surface area contributed by atoms with Crippen LogP contribution in [-0.2, 0) is 6.42 Å². The van der Waals surface area contributed by atoms with E-state index in [2.05, 4.69) is 16.9 Å². The maximum Gasteiger partial charge on any atom is 0.133 e. The van der Waals surface area contributed by atoms with Gasteiger partial charge < -0.3 is 14.5 Å². The molecule has 5 heteroatoms. The topological polar surface area (TPSA) is 47.1 Å². The number of benzene rings is 1. The van der Waals surface area contributed by atoms with Crippen LogP contribution in [0.25, 0.3) is 11.3 Å². The molecule has 0 aliphatic carbocycles. The minimum Gasteiger partial charge on any atom is -0.497 e. The molecule has 1 heterocycles. The van der Waals surface area contributed by atoms with Gasteiger partial charge in [0.1, 0.15) is 22.0 Å². The second kappa shape index (κ2) is 6.72. The molecule has 2 rings (SSSR count). The Morgan fingerprint density at radius 3 is 2.29 bits per heavy atom. The SMILES string of the molecule is CCCc1nc(=S)c(C)c(-c2cc(OC)cc(OC)c2)[nH]1. The van der Waals surface area contributed by atoms with E-state index in [1.54, 1.807) is 14.2 Å². The van der Waals surface area contributed by atoms with Crippen molar-refractivity contribution < 1.29 is 9.47 Å². The molecule has 21 heavy (non-hydrogen) atoms. The van der Waals surface area contributed by atoms with Crippen LogP contribution in [-0.4, -0.2) is 24.2 Å². The Hall–Kier alpha value is -1.88. The molecule has 0 amide bonds. The number of rotatable bonds is 5. The predicted octanol–water partition coefficient (Wildman–Crippen LogP) is 4.08. The van der Waals surface area contributed by atoms with E-state index in [-0.39, 0.29) is 0 Å². The molecule has 0 atom stereocenters. The highest BCUT2D eigenvalue weighted by molar-refractivity contribution is 7.71. The molecule has 1 aromatic carbocycles. The van der Waals surface area contributed by atoms with E-state index in [1.165, 1.54) is 0 Å². The highest BCUT2D eigenvalue weighted by atomic mass is 32.1. The molecule has 0 saturated heterocycles. The van der Waals surface area contributed by atoms with Gasteiger partial charge in [-0.2, -0.15) is 0 Å². The number of hydrogen-bond donors (Lipinski definition) is 1. The molecular weight excluding hydrogens is 284 g/mol. The van der Waals surface area contributed by atoms with Crippen molar-refractivity contribution in [1.29, 1.82) is 0 Å². The number of methoxy groups -OCH3 is 2. The van der Waals surface area contributed by atoms with Gasteiger partial charge in [-0.25, -0.2) is 4.98 Å². The summed E-state index contributed by atoms with van der Waals surface area (Å²) in [6.45, 7) is 4.09. The van der Waals surface area contributed by atoms with Gasteiger partial charge in [-0.15, -0.1) is 0 Å². The van der Waals surface area contributed by atoms with Gasteiger partial charge in [0.05, 0.1) is 19.9 Å². The number of ether oxygens (including phenoxy) is 2. The monoisotopic (exact) mass is 304 g/mol. The Morgan fingerprint density at radius 1 is 1.14 bits per heavy atom. The molecule has 1 aromatic heterocycles. The second-order valence-corrected chi connectivity index (χ2v) is 5.23. The van der Waals surface area contributed by atoms with Crippen molar-refractivity contribution >= 4 is 12.2 Å². The Labute approximate surface area is 130 Å². The van der Waals surface area contributed by atoms with E-state index in [0.29, 0.717) is 4.64 Å². The number of aromatic nitrogens is 2. The van der Waals surface area contributed by atoms with Crippen LogP contribution in [0, 0.1) is 11.6 Å². The molecule has 0 aliphatic heterocycles. The summed E-state index contributed by atoms with van der Waals surface area (Å²) in [4.78, 5) is 7.82. The molecule has 0 fully saturated rings. The molecule has 0 bridgehead atoms. The molecular formula is C16H20N2O2S. The smallest absolute Gasteiger partial charge is 0.133 e. The zero-order valence-corrected chi connectivity index (χ0v) is 13.6. The van der Waals surface area contributed by atoms with E-state index >= 15 is 0 Å². The van der Waals surface area contributed by atoms with Crippen LogP contribution >= 0.6 is 12.2 Å². The first kappa shape index (κ1) is 15.5. The average Bonchev–Trinajstić information content (AvgIpc) is 2.50. The Bertz CT molecular complexity index is 673. The Kier molecular flexibility index (Phi) is 4.96. The van der Waals surface area contributed by atoms with Gasteiger partial charge in [0.25, 0.3) is 0 Å². The summed E-state index contributed by atoms with van der Waals surface area (Å²) in [5.41, 5.74) is 2.91. The van der Waals surface area contributed by atoms with Crippen LogP contribution in [0.2, 0.25) is 0 Å². The van der Waals surface area contributed by atoms with Gasteiger partial charge in [-0.1, -0.05) is 19.1 Å². The van der Waals surface area contributed by atoms with E-state index < -0.39 is 0 Å². The zero-order chi connectivity index (χ0) is 15.4. The van der Waals surface area contributed by atoms with Gasteiger partial charge in [-0.05, 0) is 25.5 Å². The van der Waals surface area contributed by atoms with Crippen molar-refractivity contribution in [2.45, 2.75) is 26.7 Å². The third-order valence-corrected chi connectivity index (χ3v) is 3.73. The molecule has 0 radical (unpaired) electrons. The minimum absolute atomic E-state index is 0.633. The first-order valence-electron chi connectivity index (χ1n) is 6.92. The number of hydrogen-bond acceptors (Lipinski definition) is 4. The van der Waals surface area contributed by atoms with E-state index in [1.807, 2.05) is 25.1 Å². The number of nitrogens with zero attached hydrogens (tertiary/aromatic N) is 1. The molecule has 4 nitrogen and oxygen atoms in total. The van der Waals surface area contributed by atoms with Crippen LogP contribution in [0.5, 0.6) is 11.5 Å². The summed E-state index contributed by atoms with van der Waals surface area (Å²) in [7, 11) is 3.28. The zero-order valence-electron chi connectivity index (χ0n) is 12.8. The Morgan fingerprint density at radius 2 is 1.76 bits per heavy atom. The fourth-order valence-electron chi connectivity index (χ4n) is 2.18. The second-order valence-electron chi connectivity index (χ2n) is 4.84. The fraction of sp³-hybridized carbons (Fsp3) is 0.375. The molecule has 0 aliphatic rings. The van der Waals surface area contributed by atoms with Crippen molar-refractivity contribution in [3.05, 3.63) is 34.2 Å². The standard InChI is InChI=1S/C16H20N2O2S/c1-5-6-14-17-15(10(2)16(21)18-14)11-7-12(19-3)9-13(8-11)20-4/h7-9H,5-6H2,1-4H3,(H,17,18,21). The summed E-state index contributed by atoms with van der Waals surface area (Å²) in [5, 5.41) is 0. The van der Waals surface area contributed by atoms with Gasteiger partial charge in [-0.3, -0.25) is 0 Å². The number of nitrogens with one attached hydrogen (secondary N) is 1. The first-order valence-corrected chi connectivity index (χ1v) is 7.33. The summed E-state index contributed by atoms with van der Waals surface area (Å²) in [6.07, 6.45) is 1.89. The molecule has 2 aromatic rings. The van der Waals surface area contributed by atoms with Gasteiger partial charge in [0.15, 0.2) is 0 Å². The lowest BCUT2D eigenvalue weighted by molar-refractivity contribution is 0.394. The summed E-state index contributed by atoms with van der Waals surface area (Å²) in [5.74, 6) is 2.40. The van der Waals surface area contributed by atoms with E-state index in [0.717, 1.165) is 47.0 Å². The number of aromatic amines is 1. The van der Waals surface area contributed by atoms with Crippen LogP contribution in [0.15, 0.2) is 18.2 Å². The highest BCUT2D eigenvalue weighted by Crippen LogP contribution is 2.30. The quantitative estimate of drug-likeness (QED) is 0.845. The molecule has 112 valence electrons. The lowest BCUT2D eigenvalue weighted by atomic mass is 10.1. The summed E-state index contributed by atoms with van der Waals surface area (Å²) < 4.78 is 11.3. The molecule has 0 spiro atoms. The predicted molar refractivity (Wildman–Crippen MR) is 86.7 cm³/mol. The van der Waals surface area contributed by atoms with Crippen molar-refractivity contribution in [3.8, 4) is 22.8 Å². The summed E-state index contributed by atoms with van der Waals surface area (Å²) in [6, 6.07) is 5.78. The summed E-state index contributed by atoms with van der Waals surface area (Å²) >= 11 is 5.37. The minimum atomic E-state index is 0.633. The number of aryl methyl sites for hydroxylation is 1. The lowest BCUT2D eigenvalue weighted by Gasteiger charge is -2.12. The van der Waals surface area contributed by atoms with E-state index in [4.69, 9.17) is 21.7 Å². The maximum absolute atomic E-state index is 5.37. The highest BCUT2D eigenvalue weighted by Gasteiger charge is 2.10. The molecule has 0 unspecified atom stereocenters. The first-order chi connectivity index (χ1) is 10.1. The van der Waals surface area contributed by atoms with Crippen LogP contribution in [0.1, 0.15) is 24.7 Å². The fourth-order valence-corrected chi connectivity index (χ4v) is 2.39. The van der Waals surface area contributed by atoms with Crippen molar-refractivity contribution in [3.63, 3.8) is 0 Å². The van der Waals surface area contributed by atoms with E-state index in [9.17, 15) is 0 Å². The van der Waals surface area contributed by atoms with Crippen molar-refractivity contribution in [1.82, 2.24) is 9.97 Å². The lowest BCUT2D eigenvalue weighted by Crippen LogP contribution is -2.01. The molecule has 0 saturated carbocycles. The Balaban J connectivity index is 2.62. The molecule has 1 N–H and O–H groups in total. The van der Waals surface area contributed by atoms with Crippen LogP contribution in [0.4, 0.5) is 0 Å². The van der Waals surface area contributed by atoms with Crippen LogP contribution < -0.4 is 9.47 Å². The van der Waals surface area contributed by atoms with Crippen LogP contribution in [0.3, 0.4) is 0 Å². The average molecular weight is 304 g/mol. The van der Waals surface area contributed by atoms with Gasteiger partial charge in [0.2, 0.25) is 0 Å². The normalized spacial score (nSPS) is 10.5. The number of H-pyrrole nitrogens is 1. The van der Waals surface area contributed by atoms with Crippen molar-refractivity contribution in [2.24, 2.45) is 0 Å². The van der Waals surface area contributed by atoms with Gasteiger partial charge in [0, 0.05) is 23.6 Å². The van der Waals surface area contributed by atoms with Gasteiger partial charge >= 0.3 is 0 Å². The largest absolute Gasteiger partial charge is 0.497 e. The van der Waals surface area contributed by atoms with Crippen molar-refractivity contribution in [2.75, 3.05) is 14.2 Å².